The monoisotopic (exact) mass is 491 g/mol. The number of pyridine rings is 1. The summed E-state index contributed by atoms with van der Waals surface area (Å²) in [7, 11) is 0. The predicted molar refractivity (Wildman–Crippen MR) is 141 cm³/mol. The van der Waals surface area contributed by atoms with E-state index in [9.17, 15) is 14.7 Å². The first-order valence-corrected chi connectivity index (χ1v) is 13.1. The number of carbonyl (C=O) groups excluding carboxylic acids is 1. The van der Waals surface area contributed by atoms with E-state index in [1.54, 1.807) is 0 Å². The Morgan fingerprint density at radius 3 is 2.46 bits per heavy atom. The van der Waals surface area contributed by atoms with Gasteiger partial charge >= 0.3 is 5.97 Å². The molecule has 0 radical (unpaired) electrons. The number of aromatic nitrogens is 2. The van der Waals surface area contributed by atoms with Crippen molar-refractivity contribution in [2.75, 3.05) is 0 Å². The number of carboxylic acid groups (broad SMARTS) is 1. The molecule has 0 saturated heterocycles. The number of amides is 1. The molecule has 2 heterocycles. The van der Waals surface area contributed by atoms with Crippen molar-refractivity contribution in [3.63, 3.8) is 0 Å². The van der Waals surface area contributed by atoms with Gasteiger partial charge in [-0.25, -0.2) is 0 Å². The summed E-state index contributed by atoms with van der Waals surface area (Å²) in [6.07, 6.45) is 8.36. The summed E-state index contributed by atoms with van der Waals surface area (Å²) in [5.74, 6) is -0.719. The lowest BCUT2D eigenvalue weighted by molar-refractivity contribution is -0.142. The SMILES string of the molecule is O=C(NC1(C23CC(C2)[C@H](C(=O)O)C3)CC1)c1cccc2ccn(Cc3ccc(-c4ccccc4)nc3)c12. The van der Waals surface area contributed by atoms with Gasteiger partial charge in [0.2, 0.25) is 0 Å². The van der Waals surface area contributed by atoms with Crippen LogP contribution in [-0.4, -0.2) is 32.1 Å². The number of hydrogen-bond acceptors (Lipinski definition) is 3. The van der Waals surface area contributed by atoms with Gasteiger partial charge in [0.15, 0.2) is 0 Å². The molecule has 186 valence electrons. The second-order valence-corrected chi connectivity index (χ2v) is 11.2. The number of carboxylic acids is 1. The van der Waals surface area contributed by atoms with E-state index in [1.165, 1.54) is 0 Å². The Balaban J connectivity index is 1.14. The zero-order valence-electron chi connectivity index (χ0n) is 20.6. The minimum absolute atomic E-state index is 0.0432. The van der Waals surface area contributed by atoms with Gasteiger partial charge in [0.25, 0.3) is 5.91 Å². The van der Waals surface area contributed by atoms with Crippen molar-refractivity contribution >= 4 is 22.8 Å². The minimum atomic E-state index is -0.680. The van der Waals surface area contributed by atoms with Gasteiger partial charge in [-0.3, -0.25) is 14.6 Å². The lowest BCUT2D eigenvalue weighted by Crippen LogP contribution is -2.52. The van der Waals surface area contributed by atoms with Crippen molar-refractivity contribution in [2.45, 2.75) is 44.2 Å². The Kier molecular flexibility index (Phi) is 4.84. The topological polar surface area (TPSA) is 84.2 Å². The van der Waals surface area contributed by atoms with Crippen molar-refractivity contribution in [2.24, 2.45) is 17.3 Å². The van der Waals surface area contributed by atoms with E-state index in [2.05, 4.69) is 39.1 Å². The molecule has 6 nitrogen and oxygen atoms in total. The molecule has 4 saturated carbocycles. The number of nitrogens with zero attached hydrogens (tertiary/aromatic N) is 2. The molecule has 2 bridgehead atoms. The molecule has 0 unspecified atom stereocenters. The Hall–Kier alpha value is -3.93. The molecule has 8 rings (SSSR count). The molecule has 2 N–H and O–H groups in total. The Morgan fingerprint density at radius 1 is 0.973 bits per heavy atom. The minimum Gasteiger partial charge on any atom is -0.481 e. The van der Waals surface area contributed by atoms with Gasteiger partial charge in [-0.1, -0.05) is 48.5 Å². The number of nitrogens with one attached hydrogen (secondary N) is 1. The van der Waals surface area contributed by atoms with Crippen LogP contribution in [0.2, 0.25) is 0 Å². The van der Waals surface area contributed by atoms with Gasteiger partial charge in [-0.05, 0) is 67.2 Å². The number of carbonyl (C=O) groups is 2. The maximum atomic E-state index is 13.7. The summed E-state index contributed by atoms with van der Waals surface area (Å²) >= 11 is 0. The van der Waals surface area contributed by atoms with Crippen LogP contribution in [0.5, 0.6) is 0 Å². The van der Waals surface area contributed by atoms with E-state index >= 15 is 0 Å². The van der Waals surface area contributed by atoms with Crippen molar-refractivity contribution in [1.82, 2.24) is 14.9 Å². The van der Waals surface area contributed by atoms with Gasteiger partial charge in [-0.2, -0.15) is 0 Å². The average molecular weight is 492 g/mol. The summed E-state index contributed by atoms with van der Waals surface area (Å²) < 4.78 is 2.12. The second kappa shape index (κ2) is 8.04. The number of fused-ring (bicyclic) bond motifs is 2. The first-order valence-electron chi connectivity index (χ1n) is 13.1. The van der Waals surface area contributed by atoms with Crippen LogP contribution in [0.1, 0.15) is 48.0 Å². The Morgan fingerprint density at radius 2 is 1.78 bits per heavy atom. The van der Waals surface area contributed by atoms with Gasteiger partial charge in [-0.15, -0.1) is 0 Å². The van der Waals surface area contributed by atoms with Crippen LogP contribution in [-0.2, 0) is 11.3 Å². The number of para-hydroxylation sites is 1. The molecule has 2 aromatic carbocycles. The van der Waals surface area contributed by atoms with Crippen LogP contribution in [0, 0.1) is 17.3 Å². The summed E-state index contributed by atoms with van der Waals surface area (Å²) in [6.45, 7) is 0.618. The molecule has 0 spiro atoms. The van der Waals surface area contributed by atoms with E-state index in [-0.39, 0.29) is 28.7 Å². The second-order valence-electron chi connectivity index (χ2n) is 11.2. The predicted octanol–water partition coefficient (Wildman–Crippen LogP) is 5.51. The third kappa shape index (κ3) is 3.50. The summed E-state index contributed by atoms with van der Waals surface area (Å²) in [5.41, 5.74) is 4.38. The maximum Gasteiger partial charge on any atom is 0.306 e. The molecule has 6 heteroatoms. The lowest BCUT2D eigenvalue weighted by atomic mass is 9.63. The zero-order valence-corrected chi connectivity index (χ0v) is 20.6. The molecule has 4 fully saturated rings. The third-order valence-corrected chi connectivity index (χ3v) is 9.20. The number of hydrogen-bond donors (Lipinski definition) is 2. The van der Waals surface area contributed by atoms with Crippen LogP contribution in [0.3, 0.4) is 0 Å². The molecule has 0 aliphatic heterocycles. The van der Waals surface area contributed by atoms with E-state index in [0.717, 1.165) is 53.4 Å². The fraction of sp³-hybridized carbons (Fsp3) is 0.323. The lowest BCUT2D eigenvalue weighted by Gasteiger charge is -2.46. The quantitative estimate of drug-likeness (QED) is 0.357. The van der Waals surface area contributed by atoms with Crippen LogP contribution < -0.4 is 5.32 Å². The van der Waals surface area contributed by atoms with Crippen LogP contribution >= 0.6 is 0 Å². The molecule has 1 atom stereocenters. The largest absolute Gasteiger partial charge is 0.481 e. The van der Waals surface area contributed by atoms with E-state index in [4.69, 9.17) is 0 Å². The van der Waals surface area contributed by atoms with Gasteiger partial charge in [0, 0.05) is 35.4 Å². The third-order valence-electron chi connectivity index (χ3n) is 9.20. The van der Waals surface area contributed by atoms with Crippen molar-refractivity contribution in [3.05, 3.63) is 90.3 Å². The highest BCUT2D eigenvalue weighted by molar-refractivity contribution is 6.06. The van der Waals surface area contributed by atoms with Crippen LogP contribution in [0.15, 0.2) is 79.1 Å². The van der Waals surface area contributed by atoms with Gasteiger partial charge < -0.3 is 15.0 Å². The summed E-state index contributed by atoms with van der Waals surface area (Å²) in [5, 5.41) is 14.0. The fourth-order valence-corrected chi connectivity index (χ4v) is 7.13. The fourth-order valence-electron chi connectivity index (χ4n) is 7.13. The van der Waals surface area contributed by atoms with Crippen molar-refractivity contribution < 1.29 is 14.7 Å². The molecular formula is C31H29N3O3. The van der Waals surface area contributed by atoms with Crippen LogP contribution in [0.4, 0.5) is 0 Å². The molecule has 2 aromatic heterocycles. The van der Waals surface area contributed by atoms with Crippen LogP contribution in [0.25, 0.3) is 22.2 Å². The van der Waals surface area contributed by atoms with E-state index < -0.39 is 5.97 Å². The molecule has 4 aromatic rings. The Bertz CT molecular complexity index is 1510. The summed E-state index contributed by atoms with van der Waals surface area (Å²) in [4.78, 5) is 30.0. The summed E-state index contributed by atoms with van der Waals surface area (Å²) in [6, 6.07) is 22.2. The van der Waals surface area contributed by atoms with Crippen molar-refractivity contribution in [3.8, 4) is 11.3 Å². The first-order chi connectivity index (χ1) is 18.0. The Labute approximate surface area is 215 Å². The van der Waals surface area contributed by atoms with E-state index in [1.807, 2.05) is 54.9 Å². The molecule has 4 aliphatic rings. The van der Waals surface area contributed by atoms with Gasteiger partial charge in [0.05, 0.1) is 22.7 Å². The maximum absolute atomic E-state index is 13.7. The standard InChI is InChI=1S/C31H29N3O3/c35-28(33-31(12-13-31)30-15-23(16-30)25(17-30)29(36)37)24-8-4-7-22-11-14-34(27(22)24)19-20-9-10-26(32-18-20)21-5-2-1-3-6-21/h1-11,14,18,23,25H,12-13,15-17,19H2,(H,33,35)(H,36,37)/t23?,25-,30?/m1/s1. The molecule has 1 amide bonds. The van der Waals surface area contributed by atoms with Gasteiger partial charge in [0.1, 0.15) is 0 Å². The zero-order chi connectivity index (χ0) is 25.2. The number of rotatable bonds is 7. The number of benzene rings is 2. The molecular weight excluding hydrogens is 462 g/mol. The molecule has 4 aliphatic carbocycles. The highest BCUT2D eigenvalue weighted by atomic mass is 16.4. The first kappa shape index (κ1) is 22.3. The van der Waals surface area contributed by atoms with Crippen molar-refractivity contribution in [1.29, 1.82) is 0 Å². The average Bonchev–Trinajstić information content (AvgIpc) is 3.24. The highest BCUT2D eigenvalue weighted by Crippen LogP contribution is 2.72. The highest BCUT2D eigenvalue weighted by Gasteiger charge is 2.71. The molecule has 37 heavy (non-hydrogen) atoms. The van der Waals surface area contributed by atoms with E-state index in [0.29, 0.717) is 18.5 Å². The normalized spacial score (nSPS) is 25.0. The smallest absolute Gasteiger partial charge is 0.306 e. The number of aliphatic carboxylic acids is 1.